The number of hydrogen-bond acceptors (Lipinski definition) is 1. The van der Waals surface area contributed by atoms with Crippen molar-refractivity contribution in [3.63, 3.8) is 0 Å². The minimum Gasteiger partial charge on any atom is -0.494 e. The van der Waals surface area contributed by atoms with Crippen LogP contribution in [0.15, 0.2) is 54.6 Å². The van der Waals surface area contributed by atoms with Crippen molar-refractivity contribution < 1.29 is 9.64 Å². The van der Waals surface area contributed by atoms with Gasteiger partial charge in [-0.15, -0.1) is 0 Å². The molecule has 23 heavy (non-hydrogen) atoms. The quantitative estimate of drug-likeness (QED) is 0.738. The van der Waals surface area contributed by atoms with Crippen molar-refractivity contribution in [3.05, 3.63) is 65.7 Å². The lowest BCUT2D eigenvalue weighted by Gasteiger charge is -2.26. The van der Waals surface area contributed by atoms with Crippen LogP contribution in [-0.4, -0.2) is 27.2 Å². The normalized spacial score (nSPS) is 11.7. The summed E-state index contributed by atoms with van der Waals surface area (Å²) in [5.74, 6) is 0.967. The topological polar surface area (TPSA) is 13.7 Å². The summed E-state index contributed by atoms with van der Waals surface area (Å²) < 4.78 is 5.85. The van der Waals surface area contributed by atoms with Crippen LogP contribution in [0, 0.1) is 0 Å². The van der Waals surface area contributed by atoms with Gasteiger partial charge in [0, 0.05) is 5.41 Å². The highest BCUT2D eigenvalue weighted by Gasteiger charge is 2.22. The van der Waals surface area contributed by atoms with Gasteiger partial charge < -0.3 is 9.64 Å². The summed E-state index contributed by atoms with van der Waals surface area (Å²) in [6, 6.07) is 19.2. The summed E-state index contributed by atoms with van der Waals surface area (Å²) in [4.78, 5) is 1.50. The number of ether oxygens (including phenoxy) is 1. The zero-order valence-corrected chi connectivity index (χ0v) is 14.9. The Morgan fingerprint density at radius 2 is 1.43 bits per heavy atom. The first-order valence-corrected chi connectivity index (χ1v) is 8.58. The number of benzene rings is 2. The molecule has 2 aromatic carbocycles. The first kappa shape index (κ1) is 17.6. The van der Waals surface area contributed by atoms with E-state index in [0.717, 1.165) is 18.8 Å². The molecule has 0 heterocycles. The highest BCUT2D eigenvalue weighted by atomic mass is 16.5. The molecule has 2 nitrogen and oxygen atoms in total. The van der Waals surface area contributed by atoms with Crippen LogP contribution in [0.25, 0.3) is 0 Å². The van der Waals surface area contributed by atoms with Crippen molar-refractivity contribution >= 4 is 0 Å². The van der Waals surface area contributed by atoms with Crippen LogP contribution >= 0.6 is 0 Å². The van der Waals surface area contributed by atoms with Crippen LogP contribution in [0.5, 0.6) is 5.75 Å². The molecule has 0 amide bonds. The predicted molar refractivity (Wildman–Crippen MR) is 97.4 cm³/mol. The van der Waals surface area contributed by atoms with Crippen molar-refractivity contribution in [2.24, 2.45) is 0 Å². The van der Waals surface area contributed by atoms with E-state index >= 15 is 0 Å². The van der Waals surface area contributed by atoms with Gasteiger partial charge in [0.25, 0.3) is 0 Å². The molecule has 0 radical (unpaired) electrons. The summed E-state index contributed by atoms with van der Waals surface area (Å²) in [7, 11) is 4.38. The third kappa shape index (κ3) is 5.11. The fraction of sp³-hybridized carbons (Fsp3) is 0.429. The minimum absolute atomic E-state index is 0.00821. The van der Waals surface area contributed by atoms with Crippen LogP contribution in [0.3, 0.4) is 0 Å². The van der Waals surface area contributed by atoms with Crippen LogP contribution < -0.4 is 9.64 Å². The zero-order valence-electron chi connectivity index (χ0n) is 14.9. The molecule has 0 aromatic heterocycles. The van der Waals surface area contributed by atoms with Gasteiger partial charge in [-0.05, 0) is 36.1 Å². The molecule has 0 spiro atoms. The van der Waals surface area contributed by atoms with Crippen LogP contribution in [0.2, 0.25) is 0 Å². The average molecular weight is 312 g/mol. The Kier molecular flexibility index (Phi) is 6.23. The molecule has 2 aromatic rings. The van der Waals surface area contributed by atoms with Crippen molar-refractivity contribution in [2.75, 3.05) is 27.2 Å². The highest BCUT2D eigenvalue weighted by Crippen LogP contribution is 2.32. The van der Waals surface area contributed by atoms with E-state index in [0.29, 0.717) is 0 Å². The van der Waals surface area contributed by atoms with E-state index in [1.807, 2.05) is 0 Å². The Hall–Kier alpha value is -1.80. The molecule has 124 valence electrons. The molecule has 0 fully saturated rings. The van der Waals surface area contributed by atoms with Gasteiger partial charge in [0.15, 0.2) is 0 Å². The second-order valence-corrected chi connectivity index (χ2v) is 7.03. The lowest BCUT2D eigenvalue weighted by molar-refractivity contribution is -0.858. The van der Waals surface area contributed by atoms with Crippen LogP contribution in [-0.2, 0) is 5.41 Å². The summed E-state index contributed by atoms with van der Waals surface area (Å²) in [5, 5.41) is 0. The highest BCUT2D eigenvalue weighted by molar-refractivity contribution is 5.39. The maximum atomic E-state index is 5.85. The van der Waals surface area contributed by atoms with Crippen molar-refractivity contribution in [1.82, 2.24) is 0 Å². The van der Waals surface area contributed by atoms with Gasteiger partial charge in [-0.25, -0.2) is 0 Å². The summed E-state index contributed by atoms with van der Waals surface area (Å²) in [6.45, 7) is 6.53. The monoisotopic (exact) mass is 312 g/mol. The largest absolute Gasteiger partial charge is 0.494 e. The Balaban J connectivity index is 1.92. The Morgan fingerprint density at radius 1 is 0.826 bits per heavy atom. The van der Waals surface area contributed by atoms with Gasteiger partial charge in [-0.2, -0.15) is 0 Å². The van der Waals surface area contributed by atoms with Gasteiger partial charge >= 0.3 is 0 Å². The molecule has 0 saturated carbocycles. The molecular formula is C21H30NO+. The van der Waals surface area contributed by atoms with Crippen LogP contribution in [0.1, 0.15) is 37.8 Å². The number of unbranched alkanes of at least 4 members (excludes halogenated alkanes) is 1. The lowest BCUT2D eigenvalue weighted by Crippen LogP contribution is -3.05. The average Bonchev–Trinajstić information content (AvgIpc) is 2.55. The summed E-state index contributed by atoms with van der Waals surface area (Å²) in [5.41, 5.74) is 2.65. The van der Waals surface area contributed by atoms with E-state index < -0.39 is 0 Å². The van der Waals surface area contributed by atoms with Crippen molar-refractivity contribution in [1.29, 1.82) is 0 Å². The number of hydrogen-bond donors (Lipinski definition) is 1. The Morgan fingerprint density at radius 3 is 2.04 bits per heavy atom. The van der Waals surface area contributed by atoms with Crippen LogP contribution in [0.4, 0.5) is 0 Å². The molecule has 2 rings (SSSR count). The lowest BCUT2D eigenvalue weighted by atomic mass is 9.78. The SMILES string of the molecule is C[NH+](C)CCCCOc1ccc(C(C)(C)c2ccccc2)cc1. The molecular weight excluding hydrogens is 282 g/mol. The minimum atomic E-state index is 0.00821. The molecule has 0 atom stereocenters. The maximum absolute atomic E-state index is 5.85. The Bertz CT molecular complexity index is 573. The fourth-order valence-corrected chi connectivity index (χ4v) is 2.76. The van der Waals surface area contributed by atoms with Gasteiger partial charge in [-0.3, -0.25) is 0 Å². The van der Waals surface area contributed by atoms with Crippen molar-refractivity contribution in [3.8, 4) is 5.75 Å². The molecule has 1 N–H and O–H groups in total. The molecule has 0 unspecified atom stereocenters. The first-order valence-electron chi connectivity index (χ1n) is 8.58. The number of nitrogens with one attached hydrogen (secondary N) is 1. The standard InChI is InChI=1S/C21H29NO/c1-21(2,18-10-6-5-7-11-18)19-12-14-20(15-13-19)23-17-9-8-16-22(3)4/h5-7,10-15H,8-9,16-17H2,1-4H3/p+1. The molecule has 0 aliphatic carbocycles. The molecule has 0 aliphatic rings. The van der Waals surface area contributed by atoms with E-state index in [1.165, 1.54) is 29.0 Å². The van der Waals surface area contributed by atoms with Gasteiger partial charge in [0.2, 0.25) is 0 Å². The van der Waals surface area contributed by atoms with E-state index in [2.05, 4.69) is 82.5 Å². The predicted octanol–water partition coefficient (Wildman–Crippen LogP) is 3.32. The van der Waals surface area contributed by atoms with Gasteiger partial charge in [-0.1, -0.05) is 56.3 Å². The number of rotatable bonds is 8. The second kappa shape index (κ2) is 8.16. The fourth-order valence-electron chi connectivity index (χ4n) is 2.76. The summed E-state index contributed by atoms with van der Waals surface area (Å²) >= 11 is 0. The Labute approximate surface area is 141 Å². The molecule has 0 aliphatic heterocycles. The van der Waals surface area contributed by atoms with Gasteiger partial charge in [0.05, 0.1) is 27.2 Å². The first-order chi connectivity index (χ1) is 11.0. The van der Waals surface area contributed by atoms with E-state index in [4.69, 9.17) is 4.74 Å². The third-order valence-electron chi connectivity index (χ3n) is 4.41. The molecule has 0 saturated heterocycles. The second-order valence-electron chi connectivity index (χ2n) is 7.03. The zero-order chi connectivity index (χ0) is 16.7. The molecule has 0 bridgehead atoms. The number of quaternary nitrogens is 1. The molecule has 2 heteroatoms. The van der Waals surface area contributed by atoms with E-state index in [-0.39, 0.29) is 5.41 Å². The smallest absolute Gasteiger partial charge is 0.119 e. The van der Waals surface area contributed by atoms with E-state index in [9.17, 15) is 0 Å². The summed E-state index contributed by atoms with van der Waals surface area (Å²) in [6.07, 6.45) is 2.32. The van der Waals surface area contributed by atoms with Gasteiger partial charge in [0.1, 0.15) is 5.75 Å². The third-order valence-corrected chi connectivity index (χ3v) is 4.41. The van der Waals surface area contributed by atoms with E-state index in [1.54, 1.807) is 0 Å². The van der Waals surface area contributed by atoms with Crippen molar-refractivity contribution in [2.45, 2.75) is 32.1 Å². The maximum Gasteiger partial charge on any atom is 0.119 e.